The van der Waals surface area contributed by atoms with Crippen molar-refractivity contribution in [2.24, 2.45) is 0 Å². The van der Waals surface area contributed by atoms with Crippen molar-refractivity contribution in [1.29, 1.82) is 0 Å². The summed E-state index contributed by atoms with van der Waals surface area (Å²) in [6, 6.07) is 0. The van der Waals surface area contributed by atoms with Gasteiger partial charge in [-0.3, -0.25) is 9.59 Å². The zero-order valence-corrected chi connectivity index (χ0v) is 12.4. The predicted octanol–water partition coefficient (Wildman–Crippen LogP) is 0.0980. The van der Waals surface area contributed by atoms with Gasteiger partial charge in [-0.15, -0.1) is 0 Å². The summed E-state index contributed by atoms with van der Waals surface area (Å²) >= 11 is 0. The molecule has 0 aromatic rings. The number of carbonyl (C=O) groups excluding carboxylic acids is 1. The van der Waals surface area contributed by atoms with Gasteiger partial charge in [-0.25, -0.2) is 0 Å². The number of carboxylic acids is 1. The van der Waals surface area contributed by atoms with E-state index < -0.39 is 28.6 Å². The van der Waals surface area contributed by atoms with Crippen LogP contribution < -0.4 is 0 Å². The van der Waals surface area contributed by atoms with Gasteiger partial charge in [-0.2, -0.15) is 0 Å². The average Bonchev–Trinajstić information content (AvgIpc) is 2.97. The van der Waals surface area contributed by atoms with E-state index in [2.05, 4.69) is 0 Å². The Hall–Kier alpha value is -1.02. The van der Waals surface area contributed by atoms with Gasteiger partial charge in [0.15, 0.2) is 17.2 Å². The first kappa shape index (κ1) is 15.9. The maximum absolute atomic E-state index is 12.4. The van der Waals surface area contributed by atoms with Crippen LogP contribution in [0.15, 0.2) is 0 Å². The van der Waals surface area contributed by atoms with E-state index in [1.54, 1.807) is 0 Å². The van der Waals surface area contributed by atoms with Crippen LogP contribution in [0.25, 0.3) is 0 Å². The number of Topliss-reactive ketones (excluding diaryl/α,β-unsaturated/α-hetero) is 1. The van der Waals surface area contributed by atoms with Crippen LogP contribution in [-0.2, 0) is 14.3 Å². The Balaban J connectivity index is 1.96. The molecule has 3 aliphatic rings. The average molecular weight is 314 g/mol. The molecule has 0 aromatic heterocycles. The van der Waals surface area contributed by atoms with E-state index in [-0.39, 0.29) is 50.7 Å². The van der Waals surface area contributed by atoms with E-state index in [1.807, 2.05) is 0 Å². The summed E-state index contributed by atoms with van der Waals surface area (Å²) in [4.78, 5) is 23.0. The fourth-order valence-electron chi connectivity index (χ4n) is 4.65. The van der Waals surface area contributed by atoms with E-state index in [1.165, 1.54) is 0 Å². The van der Waals surface area contributed by atoms with Gasteiger partial charge in [-0.1, -0.05) is 0 Å². The molecule has 7 heteroatoms. The van der Waals surface area contributed by atoms with E-state index in [0.29, 0.717) is 12.8 Å². The largest absolute Gasteiger partial charge is 0.481 e. The Morgan fingerprint density at radius 1 is 1.09 bits per heavy atom. The Labute approximate surface area is 127 Å². The molecule has 124 valence electrons. The molecule has 0 bridgehead atoms. The van der Waals surface area contributed by atoms with Gasteiger partial charge >= 0.3 is 5.97 Å². The normalized spacial score (nSPS) is 47.3. The number of rotatable bonds is 4. The van der Waals surface area contributed by atoms with Crippen LogP contribution in [0.1, 0.15) is 57.8 Å². The van der Waals surface area contributed by atoms with Crippen molar-refractivity contribution in [3.05, 3.63) is 0 Å². The van der Waals surface area contributed by atoms with Gasteiger partial charge in [0.1, 0.15) is 11.2 Å². The van der Waals surface area contributed by atoms with Crippen molar-refractivity contribution in [1.82, 2.24) is 0 Å². The van der Waals surface area contributed by atoms with Gasteiger partial charge in [-0.05, 0) is 38.5 Å². The van der Waals surface area contributed by atoms with Crippen LogP contribution in [0.3, 0.4) is 0 Å². The molecule has 4 atom stereocenters. The van der Waals surface area contributed by atoms with Crippen molar-refractivity contribution in [3.63, 3.8) is 0 Å². The number of fused-ring (bicyclic) bond motifs is 2. The number of hydrogen-bond donors (Lipinski definition) is 4. The van der Waals surface area contributed by atoms with Crippen molar-refractivity contribution >= 4 is 11.8 Å². The van der Waals surface area contributed by atoms with Crippen LogP contribution in [0, 0.1) is 0 Å². The summed E-state index contributed by atoms with van der Waals surface area (Å²) in [7, 11) is 0. The molecule has 0 amide bonds. The summed E-state index contributed by atoms with van der Waals surface area (Å²) < 4.78 is 5.68. The number of hydrogen-bond acceptors (Lipinski definition) is 6. The lowest BCUT2D eigenvalue weighted by Gasteiger charge is -2.40. The Morgan fingerprint density at radius 3 is 2.36 bits per heavy atom. The van der Waals surface area contributed by atoms with Crippen molar-refractivity contribution in [2.75, 3.05) is 0 Å². The molecule has 2 saturated carbocycles. The first-order valence-corrected chi connectivity index (χ1v) is 7.83. The highest BCUT2D eigenvalue weighted by atomic mass is 16.7. The van der Waals surface area contributed by atoms with Crippen molar-refractivity contribution in [2.45, 2.75) is 80.4 Å². The van der Waals surface area contributed by atoms with Gasteiger partial charge in [0, 0.05) is 19.3 Å². The molecule has 0 aromatic carbocycles. The second-order valence-corrected chi connectivity index (χ2v) is 6.81. The van der Waals surface area contributed by atoms with Crippen molar-refractivity contribution < 1.29 is 34.8 Å². The monoisotopic (exact) mass is 314 g/mol. The SMILES string of the molecule is O=C(O)CCC[C@]1(O)O[C@]2(CCCC2=O)[C@]2(O)CCC[C@@]21O. The number of carboxylic acid groups (broad SMARTS) is 1. The summed E-state index contributed by atoms with van der Waals surface area (Å²) in [5.74, 6) is -3.39. The highest BCUT2D eigenvalue weighted by Gasteiger charge is 2.82. The molecule has 0 radical (unpaired) electrons. The molecule has 1 aliphatic heterocycles. The summed E-state index contributed by atoms with van der Waals surface area (Å²) in [6.45, 7) is 0. The highest BCUT2D eigenvalue weighted by Crippen LogP contribution is 2.63. The van der Waals surface area contributed by atoms with Crippen LogP contribution in [0.5, 0.6) is 0 Å². The van der Waals surface area contributed by atoms with Gasteiger partial charge in [0.05, 0.1) is 0 Å². The smallest absolute Gasteiger partial charge is 0.303 e. The van der Waals surface area contributed by atoms with E-state index in [0.717, 1.165) is 0 Å². The molecule has 2 aliphatic carbocycles. The molecule has 3 rings (SSSR count). The third-order valence-corrected chi connectivity index (χ3v) is 5.71. The fourth-order valence-corrected chi connectivity index (χ4v) is 4.65. The quantitative estimate of drug-likeness (QED) is 0.580. The number of ether oxygens (including phenoxy) is 1. The summed E-state index contributed by atoms with van der Waals surface area (Å²) in [5.41, 5.74) is -5.29. The maximum Gasteiger partial charge on any atom is 0.303 e. The minimum Gasteiger partial charge on any atom is -0.481 e. The summed E-state index contributed by atoms with van der Waals surface area (Å²) in [6.07, 6.45) is 1.64. The number of aliphatic carboxylic acids is 1. The highest BCUT2D eigenvalue weighted by molar-refractivity contribution is 5.92. The van der Waals surface area contributed by atoms with Crippen LogP contribution in [0.2, 0.25) is 0 Å². The van der Waals surface area contributed by atoms with Crippen LogP contribution >= 0.6 is 0 Å². The minimum atomic E-state index is -2.09. The first-order valence-electron chi connectivity index (χ1n) is 7.83. The standard InChI is InChI=1S/C15H22O7/c16-10-4-1-6-12(10)13(19)7-3-8-14(13,20)15(21,22-12)9-2-5-11(17)18/h19-21H,1-9H2,(H,17,18)/t12-,13+,14+,15-/m0/s1. The number of aliphatic hydroxyl groups is 3. The molecule has 3 fully saturated rings. The van der Waals surface area contributed by atoms with Gasteiger partial charge in [0.2, 0.25) is 0 Å². The van der Waals surface area contributed by atoms with Crippen LogP contribution in [-0.4, -0.2) is 54.8 Å². The Kier molecular flexibility index (Phi) is 3.41. The van der Waals surface area contributed by atoms with E-state index in [9.17, 15) is 24.9 Å². The van der Waals surface area contributed by atoms with E-state index in [4.69, 9.17) is 9.84 Å². The second-order valence-electron chi connectivity index (χ2n) is 6.81. The lowest BCUT2D eigenvalue weighted by molar-refractivity contribution is -0.279. The lowest BCUT2D eigenvalue weighted by Crippen LogP contribution is -2.64. The molecular formula is C15H22O7. The van der Waals surface area contributed by atoms with Crippen LogP contribution in [0.4, 0.5) is 0 Å². The van der Waals surface area contributed by atoms with Gasteiger partial charge < -0.3 is 25.2 Å². The lowest BCUT2D eigenvalue weighted by atomic mass is 9.71. The molecular weight excluding hydrogens is 292 g/mol. The molecule has 1 saturated heterocycles. The third kappa shape index (κ3) is 1.71. The molecule has 22 heavy (non-hydrogen) atoms. The maximum atomic E-state index is 12.4. The third-order valence-electron chi connectivity index (χ3n) is 5.71. The molecule has 1 heterocycles. The van der Waals surface area contributed by atoms with Crippen molar-refractivity contribution in [3.8, 4) is 0 Å². The van der Waals surface area contributed by atoms with Gasteiger partial charge in [0.25, 0.3) is 0 Å². The van der Waals surface area contributed by atoms with E-state index >= 15 is 0 Å². The second kappa shape index (κ2) is 4.74. The zero-order valence-electron chi connectivity index (χ0n) is 12.4. The molecule has 7 nitrogen and oxygen atoms in total. The first-order chi connectivity index (χ1) is 10.2. The molecule has 1 spiro atoms. The summed E-state index contributed by atoms with van der Waals surface area (Å²) in [5, 5.41) is 41.7. The zero-order chi connectivity index (χ0) is 16.2. The molecule has 4 N–H and O–H groups in total. The fraction of sp³-hybridized carbons (Fsp3) is 0.867. The number of carbonyl (C=O) groups is 2. The minimum absolute atomic E-state index is 0.0918. The molecule has 0 unspecified atom stereocenters. The number of ketones is 1. The topological polar surface area (TPSA) is 124 Å². The Morgan fingerprint density at radius 2 is 1.77 bits per heavy atom. The Bertz CT molecular complexity index is 520. The predicted molar refractivity (Wildman–Crippen MR) is 72.9 cm³/mol.